The number of nitrogens with two attached hydrogens (primary N) is 1. The van der Waals surface area contributed by atoms with Crippen molar-refractivity contribution in [2.24, 2.45) is 11.1 Å². The number of ether oxygens (including phenoxy) is 1. The van der Waals surface area contributed by atoms with Gasteiger partial charge in [0.25, 0.3) is 0 Å². The molecule has 82 valence electrons. The molecule has 1 aromatic rings. The van der Waals surface area contributed by atoms with Gasteiger partial charge < -0.3 is 15.6 Å². The van der Waals surface area contributed by atoms with Crippen LogP contribution in [0.25, 0.3) is 0 Å². The van der Waals surface area contributed by atoms with E-state index in [1.54, 1.807) is 13.3 Å². The number of hydrogen-bond donors (Lipinski definition) is 2. The first-order valence-electron chi connectivity index (χ1n) is 5.06. The molecule has 1 aliphatic carbocycles. The molecule has 0 bridgehead atoms. The molecule has 1 heterocycles. The zero-order valence-corrected chi connectivity index (χ0v) is 8.81. The maximum atomic E-state index is 9.26. The molecule has 1 saturated carbocycles. The molecule has 2 rings (SSSR count). The molecule has 0 saturated heterocycles. The lowest BCUT2D eigenvalue weighted by Crippen LogP contribution is -2.21. The molecular weight excluding hydrogens is 192 g/mol. The summed E-state index contributed by atoms with van der Waals surface area (Å²) in [5, 5.41) is 9.26. The predicted molar refractivity (Wildman–Crippen MR) is 56.7 cm³/mol. The maximum Gasteiger partial charge on any atom is 0.212 e. The van der Waals surface area contributed by atoms with Crippen LogP contribution < -0.4 is 10.5 Å². The van der Waals surface area contributed by atoms with E-state index in [1.807, 2.05) is 12.1 Å². The second-order valence-corrected chi connectivity index (χ2v) is 4.12. The Morgan fingerprint density at radius 3 is 2.87 bits per heavy atom. The van der Waals surface area contributed by atoms with Crippen molar-refractivity contribution in [3.63, 3.8) is 0 Å². The van der Waals surface area contributed by atoms with Crippen molar-refractivity contribution in [1.29, 1.82) is 0 Å². The Labute approximate surface area is 89.1 Å². The van der Waals surface area contributed by atoms with Crippen molar-refractivity contribution in [1.82, 2.24) is 4.98 Å². The van der Waals surface area contributed by atoms with Crippen molar-refractivity contribution < 1.29 is 9.84 Å². The molecule has 1 fully saturated rings. The predicted octanol–water partition coefficient (Wildman–Crippen LogP) is 0.515. The van der Waals surface area contributed by atoms with Gasteiger partial charge in [-0.15, -0.1) is 0 Å². The molecule has 15 heavy (non-hydrogen) atoms. The first-order chi connectivity index (χ1) is 7.25. The van der Waals surface area contributed by atoms with Crippen LogP contribution in [0.5, 0.6) is 5.88 Å². The van der Waals surface area contributed by atoms with Crippen molar-refractivity contribution in [2.45, 2.75) is 12.3 Å². The van der Waals surface area contributed by atoms with Gasteiger partial charge in [-0.25, -0.2) is 4.98 Å². The van der Waals surface area contributed by atoms with Crippen LogP contribution in [0, 0.1) is 5.41 Å². The highest BCUT2D eigenvalue weighted by Crippen LogP contribution is 2.58. The second-order valence-electron chi connectivity index (χ2n) is 4.12. The Morgan fingerprint density at radius 2 is 2.47 bits per heavy atom. The molecule has 0 radical (unpaired) electrons. The Morgan fingerprint density at radius 1 is 1.67 bits per heavy atom. The van der Waals surface area contributed by atoms with E-state index >= 15 is 0 Å². The van der Waals surface area contributed by atoms with E-state index in [0.717, 1.165) is 12.0 Å². The van der Waals surface area contributed by atoms with Crippen LogP contribution in [-0.2, 0) is 0 Å². The van der Waals surface area contributed by atoms with Gasteiger partial charge in [-0.1, -0.05) is 6.07 Å². The lowest BCUT2D eigenvalue weighted by molar-refractivity contribution is 0.211. The number of rotatable bonds is 4. The fourth-order valence-corrected chi connectivity index (χ4v) is 2.00. The molecule has 4 nitrogen and oxygen atoms in total. The smallest absolute Gasteiger partial charge is 0.212 e. The van der Waals surface area contributed by atoms with E-state index < -0.39 is 0 Å². The van der Waals surface area contributed by atoms with E-state index in [1.165, 1.54) is 0 Å². The average Bonchev–Trinajstić information content (AvgIpc) is 3.05. The minimum absolute atomic E-state index is 0.101. The van der Waals surface area contributed by atoms with E-state index in [2.05, 4.69) is 4.98 Å². The van der Waals surface area contributed by atoms with Crippen LogP contribution in [-0.4, -0.2) is 30.4 Å². The van der Waals surface area contributed by atoms with Crippen LogP contribution >= 0.6 is 0 Å². The fraction of sp³-hybridized carbons (Fsp3) is 0.545. The molecule has 0 aliphatic heterocycles. The maximum absolute atomic E-state index is 9.26. The van der Waals surface area contributed by atoms with Crippen molar-refractivity contribution in [2.75, 3.05) is 20.3 Å². The van der Waals surface area contributed by atoms with Crippen LogP contribution in [0.15, 0.2) is 18.3 Å². The summed E-state index contributed by atoms with van der Waals surface area (Å²) < 4.78 is 4.99. The van der Waals surface area contributed by atoms with E-state index in [-0.39, 0.29) is 12.0 Å². The number of aliphatic hydroxyl groups is 1. The Bertz CT molecular complexity index is 333. The topological polar surface area (TPSA) is 68.4 Å². The second kappa shape index (κ2) is 3.79. The third-order valence-electron chi connectivity index (χ3n) is 3.28. The van der Waals surface area contributed by atoms with Gasteiger partial charge in [0.2, 0.25) is 5.88 Å². The molecule has 2 unspecified atom stereocenters. The summed E-state index contributed by atoms with van der Waals surface area (Å²) in [6, 6.07) is 3.83. The molecule has 0 amide bonds. The Hall–Kier alpha value is -1.13. The summed E-state index contributed by atoms with van der Waals surface area (Å²) in [4.78, 5) is 4.15. The first-order valence-corrected chi connectivity index (χ1v) is 5.06. The van der Waals surface area contributed by atoms with Gasteiger partial charge >= 0.3 is 0 Å². The van der Waals surface area contributed by atoms with Crippen molar-refractivity contribution in [3.8, 4) is 5.88 Å². The van der Waals surface area contributed by atoms with Gasteiger partial charge in [0, 0.05) is 24.2 Å². The number of aliphatic hydroxyl groups excluding tert-OH is 1. The number of methoxy groups -OCH3 is 1. The van der Waals surface area contributed by atoms with Crippen molar-refractivity contribution in [3.05, 3.63) is 23.9 Å². The normalized spacial score (nSPS) is 28.9. The summed E-state index contributed by atoms with van der Waals surface area (Å²) in [6.45, 7) is 0.681. The average molecular weight is 208 g/mol. The monoisotopic (exact) mass is 208 g/mol. The van der Waals surface area contributed by atoms with Gasteiger partial charge in [-0.05, 0) is 17.9 Å². The summed E-state index contributed by atoms with van der Waals surface area (Å²) in [5.41, 5.74) is 6.69. The minimum atomic E-state index is -0.101. The first kappa shape index (κ1) is 10.4. The van der Waals surface area contributed by atoms with Crippen LogP contribution in [0.4, 0.5) is 0 Å². The highest BCUT2D eigenvalue weighted by molar-refractivity contribution is 5.30. The molecule has 2 atom stereocenters. The molecule has 0 aromatic carbocycles. The van der Waals surface area contributed by atoms with E-state index in [0.29, 0.717) is 18.3 Å². The zero-order chi connectivity index (χ0) is 10.9. The summed E-state index contributed by atoms with van der Waals surface area (Å²) >= 11 is 0. The Kier molecular flexibility index (Phi) is 2.63. The lowest BCUT2D eigenvalue weighted by atomic mass is 10.0. The molecule has 0 spiro atoms. The number of aromatic nitrogens is 1. The summed E-state index contributed by atoms with van der Waals surface area (Å²) in [7, 11) is 1.59. The highest BCUT2D eigenvalue weighted by Gasteiger charge is 2.53. The fourth-order valence-electron chi connectivity index (χ4n) is 2.00. The minimum Gasteiger partial charge on any atom is -0.481 e. The van der Waals surface area contributed by atoms with Crippen molar-refractivity contribution >= 4 is 0 Å². The SMILES string of the molecule is COc1ccc(C2CC2(CN)CO)cn1. The highest BCUT2D eigenvalue weighted by atomic mass is 16.5. The molecule has 1 aliphatic rings. The summed E-state index contributed by atoms with van der Waals surface area (Å²) in [5.74, 6) is 0.965. The van der Waals surface area contributed by atoms with Crippen LogP contribution in [0.1, 0.15) is 17.9 Å². The third kappa shape index (κ3) is 1.70. The standard InChI is InChI=1S/C11H16N2O2/c1-15-10-3-2-8(5-13-10)9-4-11(9,6-12)7-14/h2-3,5,9,14H,4,6-7,12H2,1H3. The Balaban J connectivity index is 2.12. The van der Waals surface area contributed by atoms with Gasteiger partial charge in [0.1, 0.15) is 0 Å². The van der Waals surface area contributed by atoms with Gasteiger partial charge in [0.15, 0.2) is 0 Å². The molecule has 3 N–H and O–H groups in total. The van der Waals surface area contributed by atoms with Crippen LogP contribution in [0.2, 0.25) is 0 Å². The third-order valence-corrected chi connectivity index (χ3v) is 3.28. The van der Waals surface area contributed by atoms with Crippen LogP contribution in [0.3, 0.4) is 0 Å². The number of nitrogens with zero attached hydrogens (tertiary/aromatic N) is 1. The molecule has 1 aromatic heterocycles. The summed E-state index contributed by atoms with van der Waals surface area (Å²) in [6.07, 6.45) is 2.75. The quantitative estimate of drug-likeness (QED) is 0.756. The van der Waals surface area contributed by atoms with E-state index in [9.17, 15) is 5.11 Å². The number of hydrogen-bond acceptors (Lipinski definition) is 4. The number of pyridine rings is 1. The van der Waals surface area contributed by atoms with Gasteiger partial charge in [-0.3, -0.25) is 0 Å². The zero-order valence-electron chi connectivity index (χ0n) is 8.81. The van der Waals surface area contributed by atoms with Gasteiger partial charge in [-0.2, -0.15) is 0 Å². The van der Waals surface area contributed by atoms with E-state index in [4.69, 9.17) is 10.5 Å². The lowest BCUT2D eigenvalue weighted by Gasteiger charge is -2.10. The molecular formula is C11H16N2O2. The molecule has 4 heteroatoms. The van der Waals surface area contributed by atoms with Gasteiger partial charge in [0.05, 0.1) is 13.7 Å². The largest absolute Gasteiger partial charge is 0.481 e.